The lowest BCUT2D eigenvalue weighted by Gasteiger charge is -2.44. The molecule has 0 aliphatic carbocycles. The van der Waals surface area contributed by atoms with E-state index in [9.17, 15) is 29.1 Å². The summed E-state index contributed by atoms with van der Waals surface area (Å²) in [5.74, 6) is -4.48. The van der Waals surface area contributed by atoms with E-state index in [0.717, 1.165) is 0 Å². The van der Waals surface area contributed by atoms with Crippen LogP contribution in [0.1, 0.15) is 60.3 Å². The van der Waals surface area contributed by atoms with Gasteiger partial charge in [-0.25, -0.2) is 24.0 Å². The lowest BCUT2D eigenvalue weighted by molar-refractivity contribution is -0.275. The first kappa shape index (κ1) is 43.1. The molecule has 1 fully saturated rings. The van der Waals surface area contributed by atoms with Gasteiger partial charge in [-0.2, -0.15) is 0 Å². The number of hydrogen-bond donors (Lipinski definition) is 1. The highest BCUT2D eigenvalue weighted by molar-refractivity contribution is 5.93. The molecular formula is C47H42O14. The smallest absolute Gasteiger partial charge is 0.338 e. The molecule has 0 bridgehead atoms. The van der Waals surface area contributed by atoms with Gasteiger partial charge in [-0.05, 0) is 78.7 Å². The maximum absolute atomic E-state index is 14.0. The highest BCUT2D eigenvalue weighted by atomic mass is 16.7. The van der Waals surface area contributed by atoms with Crippen LogP contribution in [0.5, 0.6) is 17.2 Å². The van der Waals surface area contributed by atoms with Gasteiger partial charge >= 0.3 is 29.8 Å². The van der Waals surface area contributed by atoms with Gasteiger partial charge in [0.15, 0.2) is 23.7 Å². The fourth-order valence-corrected chi connectivity index (χ4v) is 6.35. The van der Waals surface area contributed by atoms with Crippen LogP contribution in [0.4, 0.5) is 0 Å². The van der Waals surface area contributed by atoms with Gasteiger partial charge in [-0.3, -0.25) is 0 Å². The highest BCUT2D eigenvalue weighted by Crippen LogP contribution is 2.42. The van der Waals surface area contributed by atoms with Crippen molar-refractivity contribution in [1.82, 2.24) is 0 Å². The van der Waals surface area contributed by atoms with Crippen LogP contribution in [0, 0.1) is 0 Å². The van der Waals surface area contributed by atoms with Crippen molar-refractivity contribution in [1.29, 1.82) is 0 Å². The van der Waals surface area contributed by atoms with Gasteiger partial charge in [0.2, 0.25) is 18.1 Å². The van der Waals surface area contributed by atoms with Crippen LogP contribution >= 0.6 is 0 Å². The molecule has 5 aromatic rings. The first-order chi connectivity index (χ1) is 29.6. The lowest BCUT2D eigenvalue weighted by atomic mass is 9.97. The molecule has 1 N–H and O–H groups in total. The van der Waals surface area contributed by atoms with Crippen LogP contribution < -0.4 is 14.2 Å². The minimum absolute atomic E-state index is 0.0469. The van der Waals surface area contributed by atoms with Crippen molar-refractivity contribution < 1.29 is 67.0 Å². The van der Waals surface area contributed by atoms with E-state index in [4.69, 9.17) is 37.9 Å². The SMILES string of the molecule is CCC(=Cc1cc(OC)c(O[C@@H]2O[C@H](COC(=O)c3ccccc3)[C@H](OC(=O)c3ccccc3)[C@H](OC(=O)c3ccccc3)[C@H]2OC(=O)c2ccccc2)c(OC)c1)C(=O)O. The van der Waals surface area contributed by atoms with Crippen molar-refractivity contribution in [3.8, 4) is 17.2 Å². The van der Waals surface area contributed by atoms with Gasteiger partial charge in [0.25, 0.3) is 0 Å². The maximum Gasteiger partial charge on any atom is 0.338 e. The average molecular weight is 831 g/mol. The Balaban J connectivity index is 1.49. The second-order valence-corrected chi connectivity index (χ2v) is 13.4. The summed E-state index contributed by atoms with van der Waals surface area (Å²) in [6, 6.07) is 35.0. The molecule has 61 heavy (non-hydrogen) atoms. The standard InChI is InChI=1S/C47H42O14/c1-4-30(42(48)49)25-29-26-35(54-2)38(36(27-29)55-3)61-47-41(60-46(53)34-23-15-8-16-24-34)40(59-45(52)33-21-13-7-14-22-33)39(58-44(51)32-19-11-6-12-20-32)37(57-47)28-56-43(50)31-17-9-5-10-18-31/h5-27,37,39-41,47H,4,28H2,1-3H3,(H,48,49)/t37-,39+,40+,41-,47+/m1/s1. The second-order valence-electron chi connectivity index (χ2n) is 13.4. The summed E-state index contributed by atoms with van der Waals surface area (Å²) >= 11 is 0. The number of aliphatic carboxylic acids is 1. The van der Waals surface area contributed by atoms with Crippen LogP contribution in [-0.4, -0.2) is 86.5 Å². The number of ether oxygens (including phenoxy) is 8. The van der Waals surface area contributed by atoms with Crippen LogP contribution in [0.2, 0.25) is 0 Å². The van der Waals surface area contributed by atoms with Crippen LogP contribution in [0.3, 0.4) is 0 Å². The third-order valence-corrected chi connectivity index (χ3v) is 9.45. The van der Waals surface area contributed by atoms with Gasteiger partial charge in [0.05, 0.1) is 36.5 Å². The number of carbonyl (C=O) groups excluding carboxylic acids is 4. The molecule has 0 amide bonds. The molecule has 5 atom stereocenters. The molecule has 5 aromatic carbocycles. The summed E-state index contributed by atoms with van der Waals surface area (Å²) in [5, 5.41) is 9.70. The largest absolute Gasteiger partial charge is 0.493 e. The Morgan fingerprint density at radius 2 is 1.00 bits per heavy atom. The Bertz CT molecular complexity index is 2310. The van der Waals surface area contributed by atoms with Gasteiger partial charge in [0.1, 0.15) is 12.7 Å². The summed E-state index contributed by atoms with van der Waals surface area (Å²) in [6.45, 7) is 1.12. The molecule has 0 saturated carbocycles. The summed E-state index contributed by atoms with van der Waals surface area (Å²) in [6.07, 6.45) is -6.48. The van der Waals surface area contributed by atoms with E-state index in [1.165, 1.54) is 68.8 Å². The Hall–Kier alpha value is -7.45. The number of carbonyl (C=O) groups is 5. The minimum atomic E-state index is -1.72. The molecule has 0 unspecified atom stereocenters. The van der Waals surface area contributed by atoms with E-state index in [1.54, 1.807) is 91.9 Å². The molecule has 0 spiro atoms. The Labute approximate surface area is 351 Å². The van der Waals surface area contributed by atoms with Crippen molar-refractivity contribution in [2.75, 3.05) is 20.8 Å². The number of esters is 4. The van der Waals surface area contributed by atoms with Crippen molar-refractivity contribution in [2.45, 2.75) is 44.1 Å². The fourth-order valence-electron chi connectivity index (χ4n) is 6.35. The van der Waals surface area contributed by atoms with Crippen LogP contribution in [0.25, 0.3) is 6.08 Å². The molecule has 0 radical (unpaired) electrons. The third-order valence-electron chi connectivity index (χ3n) is 9.45. The molecule has 1 aliphatic heterocycles. The first-order valence-corrected chi connectivity index (χ1v) is 19.1. The number of hydrogen-bond acceptors (Lipinski definition) is 13. The molecule has 0 aromatic heterocycles. The van der Waals surface area contributed by atoms with Gasteiger partial charge < -0.3 is 43.0 Å². The average Bonchev–Trinajstić information content (AvgIpc) is 3.30. The summed E-state index contributed by atoms with van der Waals surface area (Å²) < 4.78 is 48.4. The monoisotopic (exact) mass is 830 g/mol. The number of carboxylic acid groups (broad SMARTS) is 1. The van der Waals surface area contributed by atoms with Crippen molar-refractivity contribution >= 4 is 35.9 Å². The summed E-state index contributed by atoms with van der Waals surface area (Å²) in [7, 11) is 2.69. The summed E-state index contributed by atoms with van der Waals surface area (Å²) in [4.78, 5) is 66.9. The molecule has 14 heteroatoms. The van der Waals surface area contributed by atoms with Crippen LogP contribution in [-0.2, 0) is 28.5 Å². The van der Waals surface area contributed by atoms with Crippen molar-refractivity contribution in [3.63, 3.8) is 0 Å². The van der Waals surface area contributed by atoms with E-state index in [2.05, 4.69) is 0 Å². The van der Waals surface area contributed by atoms with E-state index < -0.39 is 67.2 Å². The first-order valence-electron chi connectivity index (χ1n) is 19.1. The van der Waals surface area contributed by atoms with Crippen molar-refractivity contribution in [2.24, 2.45) is 0 Å². The Morgan fingerprint density at radius 1 is 0.590 bits per heavy atom. The maximum atomic E-state index is 14.0. The van der Waals surface area contributed by atoms with E-state index in [1.807, 2.05) is 0 Å². The van der Waals surface area contributed by atoms with E-state index in [-0.39, 0.29) is 51.5 Å². The fraction of sp³-hybridized carbons (Fsp3) is 0.213. The molecular weight excluding hydrogens is 789 g/mol. The zero-order valence-electron chi connectivity index (χ0n) is 33.3. The van der Waals surface area contributed by atoms with Crippen LogP contribution in [0.15, 0.2) is 139 Å². The Kier molecular flexibility index (Phi) is 14.5. The van der Waals surface area contributed by atoms with E-state index in [0.29, 0.717) is 5.56 Å². The Morgan fingerprint density at radius 3 is 1.41 bits per heavy atom. The van der Waals surface area contributed by atoms with Gasteiger partial charge in [-0.1, -0.05) is 79.7 Å². The molecule has 1 heterocycles. The summed E-state index contributed by atoms with van der Waals surface area (Å²) in [5.41, 5.74) is 1.06. The second kappa shape index (κ2) is 20.5. The zero-order chi connectivity index (χ0) is 43.3. The lowest BCUT2D eigenvalue weighted by Crippen LogP contribution is -2.64. The predicted molar refractivity (Wildman–Crippen MR) is 218 cm³/mol. The number of benzene rings is 5. The normalized spacial score (nSPS) is 18.5. The van der Waals surface area contributed by atoms with Crippen molar-refractivity contribution in [3.05, 3.63) is 167 Å². The number of carboxylic acids is 1. The van der Waals surface area contributed by atoms with E-state index >= 15 is 0 Å². The molecule has 6 rings (SSSR count). The number of rotatable bonds is 16. The minimum Gasteiger partial charge on any atom is -0.493 e. The highest BCUT2D eigenvalue weighted by Gasteiger charge is 2.54. The topological polar surface area (TPSA) is 179 Å². The number of methoxy groups -OCH3 is 2. The quantitative estimate of drug-likeness (QED) is 0.0598. The van der Waals surface area contributed by atoms with Gasteiger partial charge in [-0.15, -0.1) is 0 Å². The predicted octanol–water partition coefficient (Wildman–Crippen LogP) is 7.22. The third kappa shape index (κ3) is 10.8. The molecule has 314 valence electrons. The molecule has 14 nitrogen and oxygen atoms in total. The molecule has 1 aliphatic rings. The zero-order valence-corrected chi connectivity index (χ0v) is 33.3. The molecule has 1 saturated heterocycles. The van der Waals surface area contributed by atoms with Gasteiger partial charge in [0, 0.05) is 5.57 Å².